The summed E-state index contributed by atoms with van der Waals surface area (Å²) in [6, 6.07) is 0. The third-order valence-electron chi connectivity index (χ3n) is 5.86. The van der Waals surface area contributed by atoms with E-state index in [-0.39, 0.29) is 11.5 Å². The van der Waals surface area contributed by atoms with Gasteiger partial charge in [0.05, 0.1) is 12.7 Å². The van der Waals surface area contributed by atoms with Gasteiger partial charge in [-0.2, -0.15) is 0 Å². The van der Waals surface area contributed by atoms with E-state index in [1.54, 1.807) is 0 Å². The zero-order chi connectivity index (χ0) is 16.2. The van der Waals surface area contributed by atoms with Crippen LogP contribution < -0.4 is 0 Å². The van der Waals surface area contributed by atoms with E-state index in [0.29, 0.717) is 11.8 Å². The highest BCUT2D eigenvalue weighted by molar-refractivity contribution is 5.25. The molecule has 0 spiro atoms. The standard InChI is InChI=1S/C16H26O6/c1-7-4-10(9-5-8(7)16(9,2)3)21-15-14(20)13(19)12(18)11(6-17)22-15/h4,8-15,17-20H,5-6H2,1-3H3/t8-,9+,10+,11+,12+,13-,14+,15+/m0/s1. The van der Waals surface area contributed by atoms with Crippen LogP contribution in [0.4, 0.5) is 0 Å². The Hall–Kier alpha value is -0.500. The van der Waals surface area contributed by atoms with Crippen molar-refractivity contribution < 1.29 is 29.9 Å². The Morgan fingerprint density at radius 1 is 1.23 bits per heavy atom. The monoisotopic (exact) mass is 314 g/mol. The van der Waals surface area contributed by atoms with Crippen LogP contribution in [0.5, 0.6) is 0 Å². The summed E-state index contributed by atoms with van der Waals surface area (Å²) in [5.41, 5.74) is 1.43. The summed E-state index contributed by atoms with van der Waals surface area (Å²) in [7, 11) is 0. The average molecular weight is 314 g/mol. The molecule has 4 N–H and O–H groups in total. The summed E-state index contributed by atoms with van der Waals surface area (Å²) in [6.07, 6.45) is -3.16. The van der Waals surface area contributed by atoms with E-state index in [1.165, 1.54) is 5.57 Å². The van der Waals surface area contributed by atoms with Gasteiger partial charge in [-0.15, -0.1) is 0 Å². The Morgan fingerprint density at radius 3 is 2.45 bits per heavy atom. The maximum atomic E-state index is 10.1. The molecule has 1 aliphatic heterocycles. The maximum absolute atomic E-state index is 10.1. The molecule has 1 heterocycles. The minimum Gasteiger partial charge on any atom is -0.394 e. The first-order chi connectivity index (χ1) is 10.3. The molecule has 0 radical (unpaired) electrons. The van der Waals surface area contributed by atoms with Crippen molar-refractivity contribution in [2.75, 3.05) is 6.61 Å². The van der Waals surface area contributed by atoms with Crippen LogP contribution in [0.2, 0.25) is 0 Å². The van der Waals surface area contributed by atoms with Crippen LogP contribution in [0.1, 0.15) is 27.2 Å². The molecule has 22 heavy (non-hydrogen) atoms. The second-order valence-electron chi connectivity index (χ2n) is 7.42. The van der Waals surface area contributed by atoms with Gasteiger partial charge in [0.25, 0.3) is 0 Å². The minimum absolute atomic E-state index is 0.150. The normalized spacial score (nSPS) is 50.2. The first-order valence-corrected chi connectivity index (χ1v) is 7.91. The third kappa shape index (κ3) is 2.33. The average Bonchev–Trinajstić information content (AvgIpc) is 2.46. The van der Waals surface area contributed by atoms with Crippen LogP contribution in [-0.4, -0.2) is 63.8 Å². The molecule has 0 amide bonds. The van der Waals surface area contributed by atoms with Gasteiger partial charge in [0.1, 0.15) is 24.4 Å². The SMILES string of the molecule is CC1=C[C@@H](O[C@@H]2O[C@H](CO)[C@@H](O)[C@H](O)[C@H]2O)[C@H]2C[C@@H]1C2(C)C. The quantitative estimate of drug-likeness (QED) is 0.538. The molecule has 0 aromatic carbocycles. The molecule has 2 fully saturated rings. The summed E-state index contributed by atoms with van der Waals surface area (Å²) in [5, 5.41) is 39.0. The second-order valence-corrected chi connectivity index (χ2v) is 7.42. The zero-order valence-electron chi connectivity index (χ0n) is 13.2. The van der Waals surface area contributed by atoms with E-state index in [0.717, 1.165) is 6.42 Å². The second kappa shape index (κ2) is 5.54. The van der Waals surface area contributed by atoms with Crippen molar-refractivity contribution in [1.29, 1.82) is 0 Å². The molecule has 6 nitrogen and oxygen atoms in total. The fourth-order valence-electron chi connectivity index (χ4n) is 4.25. The van der Waals surface area contributed by atoms with E-state index in [2.05, 4.69) is 26.8 Å². The van der Waals surface area contributed by atoms with Crippen LogP contribution in [0, 0.1) is 17.3 Å². The molecule has 0 unspecified atom stereocenters. The largest absolute Gasteiger partial charge is 0.394 e. The molecule has 4 rings (SSSR count). The van der Waals surface area contributed by atoms with Crippen molar-refractivity contribution in [3.05, 3.63) is 11.6 Å². The number of fused-ring (bicyclic) bond motifs is 1. The lowest BCUT2D eigenvalue weighted by Gasteiger charge is -2.59. The number of aliphatic hydroxyl groups excluding tert-OH is 4. The third-order valence-corrected chi connectivity index (χ3v) is 5.86. The Bertz CT molecular complexity index is 460. The van der Waals surface area contributed by atoms with Gasteiger partial charge in [-0.05, 0) is 30.6 Å². The van der Waals surface area contributed by atoms with Crippen LogP contribution in [-0.2, 0) is 9.47 Å². The lowest BCUT2D eigenvalue weighted by Crippen LogP contribution is -2.61. The van der Waals surface area contributed by atoms with Crippen LogP contribution in [0.3, 0.4) is 0 Å². The predicted octanol–water partition coefficient (Wildman–Crippen LogP) is -0.206. The molecular weight excluding hydrogens is 288 g/mol. The number of hydrogen-bond donors (Lipinski definition) is 4. The van der Waals surface area contributed by atoms with E-state index in [9.17, 15) is 20.4 Å². The summed E-state index contributed by atoms with van der Waals surface area (Å²) in [4.78, 5) is 0. The van der Waals surface area contributed by atoms with Crippen LogP contribution >= 0.6 is 0 Å². The van der Waals surface area contributed by atoms with Gasteiger partial charge >= 0.3 is 0 Å². The topological polar surface area (TPSA) is 99.4 Å². The van der Waals surface area contributed by atoms with E-state index < -0.39 is 37.3 Å². The number of hydrogen-bond acceptors (Lipinski definition) is 6. The molecule has 0 aromatic rings. The van der Waals surface area contributed by atoms with Gasteiger partial charge in [0.2, 0.25) is 0 Å². The first-order valence-electron chi connectivity index (χ1n) is 7.91. The fraction of sp³-hybridized carbons (Fsp3) is 0.875. The van der Waals surface area contributed by atoms with Crippen molar-refractivity contribution in [3.63, 3.8) is 0 Å². The highest BCUT2D eigenvalue weighted by atomic mass is 16.7. The Balaban J connectivity index is 1.74. The number of ether oxygens (including phenoxy) is 2. The van der Waals surface area contributed by atoms with Crippen molar-refractivity contribution in [2.24, 2.45) is 17.3 Å². The molecule has 0 aromatic heterocycles. The van der Waals surface area contributed by atoms with Crippen molar-refractivity contribution in [1.82, 2.24) is 0 Å². The lowest BCUT2D eigenvalue weighted by molar-refractivity contribution is -0.318. The van der Waals surface area contributed by atoms with E-state index in [4.69, 9.17) is 9.47 Å². The lowest BCUT2D eigenvalue weighted by atomic mass is 9.48. The summed E-state index contributed by atoms with van der Waals surface area (Å²) >= 11 is 0. The van der Waals surface area contributed by atoms with Gasteiger partial charge in [0, 0.05) is 0 Å². The van der Waals surface area contributed by atoms with Crippen molar-refractivity contribution in [2.45, 2.75) is 64.0 Å². The smallest absolute Gasteiger partial charge is 0.187 e. The van der Waals surface area contributed by atoms with Gasteiger partial charge < -0.3 is 29.9 Å². The highest BCUT2D eigenvalue weighted by Crippen LogP contribution is 2.59. The summed E-state index contributed by atoms with van der Waals surface area (Å²) in [6.45, 7) is 6.07. The van der Waals surface area contributed by atoms with Crippen molar-refractivity contribution in [3.8, 4) is 0 Å². The molecule has 4 aliphatic rings. The zero-order valence-corrected chi connectivity index (χ0v) is 13.2. The summed E-state index contributed by atoms with van der Waals surface area (Å²) < 4.78 is 11.4. The van der Waals surface area contributed by atoms with Gasteiger partial charge in [-0.3, -0.25) is 0 Å². The Morgan fingerprint density at radius 2 is 1.91 bits per heavy atom. The molecule has 6 heteroatoms. The molecule has 126 valence electrons. The molecule has 1 saturated carbocycles. The molecular formula is C16H26O6. The predicted molar refractivity (Wildman–Crippen MR) is 77.8 cm³/mol. The molecule has 3 aliphatic carbocycles. The Labute approximate surface area is 130 Å². The van der Waals surface area contributed by atoms with E-state index >= 15 is 0 Å². The first kappa shape index (κ1) is 16.4. The van der Waals surface area contributed by atoms with Crippen LogP contribution in [0.25, 0.3) is 0 Å². The number of rotatable bonds is 3. The molecule has 2 bridgehead atoms. The molecule has 8 atom stereocenters. The number of aliphatic hydroxyl groups is 4. The fourth-order valence-corrected chi connectivity index (χ4v) is 4.25. The van der Waals surface area contributed by atoms with Gasteiger partial charge in [-0.1, -0.05) is 25.5 Å². The van der Waals surface area contributed by atoms with Crippen LogP contribution in [0.15, 0.2) is 11.6 Å². The number of allylic oxidation sites excluding steroid dienone is 1. The highest BCUT2D eigenvalue weighted by Gasteiger charge is 2.56. The molecule has 1 saturated heterocycles. The maximum Gasteiger partial charge on any atom is 0.187 e. The van der Waals surface area contributed by atoms with Gasteiger partial charge in [-0.25, -0.2) is 0 Å². The van der Waals surface area contributed by atoms with E-state index in [1.807, 2.05) is 0 Å². The summed E-state index contributed by atoms with van der Waals surface area (Å²) in [5.74, 6) is 0.917. The van der Waals surface area contributed by atoms with Gasteiger partial charge in [0.15, 0.2) is 6.29 Å². The van der Waals surface area contributed by atoms with Crippen molar-refractivity contribution >= 4 is 0 Å². The Kier molecular flexibility index (Phi) is 4.12. The minimum atomic E-state index is -1.40.